The number of alkyl halides is 2. The Morgan fingerprint density at radius 2 is 2.04 bits per heavy atom. The van der Waals surface area contributed by atoms with Crippen molar-refractivity contribution in [3.8, 4) is 0 Å². The van der Waals surface area contributed by atoms with Gasteiger partial charge in [0.15, 0.2) is 0 Å². The number of hydrogen-bond acceptors (Lipinski definition) is 4. The van der Waals surface area contributed by atoms with Gasteiger partial charge in [0.2, 0.25) is 5.91 Å². The summed E-state index contributed by atoms with van der Waals surface area (Å²) in [7, 11) is 0. The highest BCUT2D eigenvalue weighted by molar-refractivity contribution is 5.78. The molecule has 0 aliphatic carbocycles. The third-order valence-electron chi connectivity index (χ3n) is 6.48. The number of rotatable bonds is 4. The molecule has 156 valence electrons. The second kappa shape index (κ2) is 8.35. The number of fused-ring (bicyclic) bond motifs is 1. The van der Waals surface area contributed by atoms with Gasteiger partial charge in [-0.15, -0.1) is 0 Å². The van der Waals surface area contributed by atoms with Crippen molar-refractivity contribution < 1.29 is 13.6 Å². The summed E-state index contributed by atoms with van der Waals surface area (Å²) in [5.74, 6) is 1.06. The van der Waals surface area contributed by atoms with Crippen molar-refractivity contribution in [1.82, 2.24) is 19.6 Å². The molecule has 0 bridgehead atoms. The number of amides is 1. The fraction of sp³-hybridized carbons (Fsp3) is 0.800. The van der Waals surface area contributed by atoms with E-state index in [9.17, 15) is 13.6 Å². The van der Waals surface area contributed by atoms with Gasteiger partial charge in [0, 0.05) is 25.2 Å². The summed E-state index contributed by atoms with van der Waals surface area (Å²) in [6.45, 7) is 5.78. The van der Waals surface area contributed by atoms with Crippen molar-refractivity contribution in [2.24, 2.45) is 5.92 Å². The Morgan fingerprint density at radius 1 is 1.25 bits per heavy atom. The number of carbonyl (C=O) groups excluding carboxylic acids is 1. The van der Waals surface area contributed by atoms with Crippen LogP contribution in [-0.4, -0.2) is 70.7 Å². The van der Waals surface area contributed by atoms with Gasteiger partial charge in [-0.2, -0.15) is 5.10 Å². The van der Waals surface area contributed by atoms with Crippen molar-refractivity contribution in [1.29, 1.82) is 0 Å². The monoisotopic (exact) mass is 395 g/mol. The number of anilines is 1. The highest BCUT2D eigenvalue weighted by Gasteiger charge is 2.38. The molecule has 8 heteroatoms. The van der Waals surface area contributed by atoms with Crippen LogP contribution in [0.4, 0.5) is 14.6 Å². The molecule has 1 amide bonds. The van der Waals surface area contributed by atoms with E-state index in [4.69, 9.17) is 0 Å². The molecule has 4 rings (SSSR count). The maximum atomic E-state index is 13.7. The second-order valence-corrected chi connectivity index (χ2v) is 8.58. The molecule has 0 radical (unpaired) electrons. The number of nitrogens with zero attached hydrogens (tertiary/aromatic N) is 4. The third kappa shape index (κ3) is 4.16. The molecular formula is C20H31F2N5O. The van der Waals surface area contributed by atoms with Crippen molar-refractivity contribution in [2.45, 2.75) is 64.0 Å². The molecule has 6 nitrogen and oxygen atoms in total. The SMILES string of the molecule is Cc1cc2n(n1)[C@@H](C(F)F)C[C@@H](C1CCCN(C(=O)CN3CCCCC3)C1)N2. The lowest BCUT2D eigenvalue weighted by atomic mass is 9.86. The zero-order valence-corrected chi connectivity index (χ0v) is 16.6. The second-order valence-electron chi connectivity index (χ2n) is 8.58. The largest absolute Gasteiger partial charge is 0.367 e. The summed E-state index contributed by atoms with van der Waals surface area (Å²) in [4.78, 5) is 17.0. The Hall–Kier alpha value is -1.70. The number of halogens is 2. The van der Waals surface area contributed by atoms with E-state index in [2.05, 4.69) is 15.3 Å². The van der Waals surface area contributed by atoms with E-state index in [1.807, 2.05) is 17.9 Å². The molecule has 1 aromatic rings. The van der Waals surface area contributed by atoms with Crippen LogP contribution < -0.4 is 5.32 Å². The van der Waals surface area contributed by atoms with Crippen molar-refractivity contribution in [2.75, 3.05) is 38.0 Å². The first-order valence-corrected chi connectivity index (χ1v) is 10.6. The number of aryl methyl sites for hydroxylation is 1. The van der Waals surface area contributed by atoms with Gasteiger partial charge < -0.3 is 10.2 Å². The first-order chi connectivity index (χ1) is 13.5. The first-order valence-electron chi connectivity index (χ1n) is 10.6. The Balaban J connectivity index is 1.40. The summed E-state index contributed by atoms with van der Waals surface area (Å²) in [5, 5.41) is 7.68. The van der Waals surface area contributed by atoms with Crippen LogP contribution in [0, 0.1) is 12.8 Å². The van der Waals surface area contributed by atoms with Crippen LogP contribution in [0.3, 0.4) is 0 Å². The fourth-order valence-electron chi connectivity index (χ4n) is 4.98. The number of likely N-dealkylation sites (tertiary alicyclic amines) is 2. The molecule has 4 heterocycles. The predicted octanol–water partition coefficient (Wildman–Crippen LogP) is 2.91. The predicted molar refractivity (Wildman–Crippen MR) is 104 cm³/mol. The zero-order valence-electron chi connectivity index (χ0n) is 16.6. The van der Waals surface area contributed by atoms with Gasteiger partial charge >= 0.3 is 0 Å². The zero-order chi connectivity index (χ0) is 19.7. The Morgan fingerprint density at radius 3 is 2.79 bits per heavy atom. The summed E-state index contributed by atoms with van der Waals surface area (Å²) < 4.78 is 28.8. The minimum absolute atomic E-state index is 0.0480. The summed E-state index contributed by atoms with van der Waals surface area (Å²) in [6.07, 6.45) is 3.41. The van der Waals surface area contributed by atoms with Gasteiger partial charge in [-0.3, -0.25) is 9.69 Å². The molecule has 3 atom stereocenters. The standard InChI is InChI=1S/C20H31F2N5O/c1-14-10-18-23-16(11-17(20(21)22)27(18)24-14)15-6-5-9-26(12-15)19(28)13-25-7-3-2-4-8-25/h10,15-17,20,23H,2-9,11-13H2,1H3/t15?,16-,17+/m0/s1. The number of piperidine rings is 2. The van der Waals surface area contributed by atoms with E-state index >= 15 is 0 Å². The maximum absolute atomic E-state index is 13.7. The summed E-state index contributed by atoms with van der Waals surface area (Å²) in [5.41, 5.74) is 0.746. The molecule has 0 saturated carbocycles. The van der Waals surface area contributed by atoms with Gasteiger partial charge in [0.25, 0.3) is 6.43 Å². The van der Waals surface area contributed by atoms with Crippen LogP contribution in [0.2, 0.25) is 0 Å². The highest BCUT2D eigenvalue weighted by Crippen LogP contribution is 2.36. The average molecular weight is 395 g/mol. The molecule has 1 aromatic heterocycles. The fourth-order valence-corrected chi connectivity index (χ4v) is 4.98. The molecule has 3 aliphatic heterocycles. The molecule has 28 heavy (non-hydrogen) atoms. The van der Waals surface area contributed by atoms with E-state index in [0.29, 0.717) is 25.3 Å². The molecule has 2 fully saturated rings. The summed E-state index contributed by atoms with van der Waals surface area (Å²) in [6, 6.07) is 0.895. The molecule has 0 spiro atoms. The van der Waals surface area contributed by atoms with Gasteiger partial charge in [0.1, 0.15) is 11.9 Å². The van der Waals surface area contributed by atoms with E-state index in [0.717, 1.165) is 38.2 Å². The van der Waals surface area contributed by atoms with E-state index in [-0.39, 0.29) is 17.9 Å². The van der Waals surface area contributed by atoms with Gasteiger partial charge in [-0.05, 0) is 58.0 Å². The van der Waals surface area contributed by atoms with E-state index in [1.54, 1.807) is 0 Å². The third-order valence-corrected chi connectivity index (χ3v) is 6.48. The quantitative estimate of drug-likeness (QED) is 0.852. The molecular weight excluding hydrogens is 364 g/mol. The van der Waals surface area contributed by atoms with Crippen LogP contribution in [0.15, 0.2) is 6.07 Å². The van der Waals surface area contributed by atoms with Crippen molar-refractivity contribution in [3.05, 3.63) is 11.8 Å². The average Bonchev–Trinajstić information content (AvgIpc) is 3.08. The first kappa shape index (κ1) is 19.6. The summed E-state index contributed by atoms with van der Waals surface area (Å²) >= 11 is 0. The smallest absolute Gasteiger partial charge is 0.260 e. The minimum atomic E-state index is -2.44. The Bertz CT molecular complexity index is 688. The lowest BCUT2D eigenvalue weighted by Gasteiger charge is -2.41. The van der Waals surface area contributed by atoms with E-state index < -0.39 is 12.5 Å². The number of hydrogen-bond donors (Lipinski definition) is 1. The van der Waals surface area contributed by atoms with Crippen LogP contribution in [-0.2, 0) is 4.79 Å². The highest BCUT2D eigenvalue weighted by atomic mass is 19.3. The van der Waals surface area contributed by atoms with Crippen LogP contribution in [0.5, 0.6) is 0 Å². The lowest BCUT2D eigenvalue weighted by molar-refractivity contribution is -0.134. The topological polar surface area (TPSA) is 53.4 Å². The molecule has 1 N–H and O–H groups in total. The number of carbonyl (C=O) groups is 1. The van der Waals surface area contributed by atoms with Gasteiger partial charge in [0.05, 0.1) is 12.2 Å². The van der Waals surface area contributed by atoms with Crippen LogP contribution in [0.25, 0.3) is 0 Å². The maximum Gasteiger partial charge on any atom is 0.260 e. The van der Waals surface area contributed by atoms with Crippen LogP contribution in [0.1, 0.15) is 50.3 Å². The van der Waals surface area contributed by atoms with Gasteiger partial charge in [-0.1, -0.05) is 6.42 Å². The molecule has 0 aromatic carbocycles. The normalized spacial score (nSPS) is 28.9. The molecule has 2 saturated heterocycles. The van der Waals surface area contributed by atoms with E-state index in [1.165, 1.54) is 23.9 Å². The minimum Gasteiger partial charge on any atom is -0.367 e. The Kier molecular flexibility index (Phi) is 5.85. The number of nitrogens with one attached hydrogen (secondary N) is 1. The van der Waals surface area contributed by atoms with Crippen molar-refractivity contribution >= 4 is 11.7 Å². The molecule has 3 aliphatic rings. The Labute approximate surface area is 165 Å². The van der Waals surface area contributed by atoms with Gasteiger partial charge in [-0.25, -0.2) is 13.5 Å². The lowest BCUT2D eigenvalue weighted by Crippen LogP contribution is -2.50. The molecule has 1 unspecified atom stereocenters. The number of aromatic nitrogens is 2. The van der Waals surface area contributed by atoms with Crippen molar-refractivity contribution in [3.63, 3.8) is 0 Å². The van der Waals surface area contributed by atoms with Crippen LogP contribution >= 0.6 is 0 Å².